The van der Waals surface area contributed by atoms with E-state index in [0.29, 0.717) is 30.3 Å². The molecule has 172 valence electrons. The number of urea groups is 1. The highest BCUT2D eigenvalue weighted by Gasteiger charge is 2.37. The number of hydrogen-bond acceptors (Lipinski definition) is 4. The largest absolute Gasteiger partial charge is 0.486 e. The molecule has 0 aromatic heterocycles. The van der Waals surface area contributed by atoms with Gasteiger partial charge in [0, 0.05) is 15.6 Å². The number of halogens is 4. The number of carbonyl (C=O) groups excluding carboxylic acids is 3. The Kier molecular flexibility index (Phi) is 7.42. The smallest absolute Gasteiger partial charge is 0.335 e. The summed E-state index contributed by atoms with van der Waals surface area (Å²) < 4.78 is 7.09. The predicted octanol–water partition coefficient (Wildman–Crippen LogP) is 6.76. The molecule has 4 amide bonds. The van der Waals surface area contributed by atoms with Crippen molar-refractivity contribution in [2.24, 2.45) is 0 Å². The third-order valence-corrected chi connectivity index (χ3v) is 6.61. The third-order valence-electron chi connectivity index (χ3n) is 4.83. The molecule has 3 aromatic rings. The molecule has 0 aliphatic carbocycles. The van der Waals surface area contributed by atoms with Gasteiger partial charge in [0.1, 0.15) is 17.9 Å². The van der Waals surface area contributed by atoms with E-state index in [0.717, 1.165) is 10.5 Å². The van der Waals surface area contributed by atoms with Gasteiger partial charge in [-0.1, -0.05) is 47.5 Å². The van der Waals surface area contributed by atoms with Crippen LogP contribution in [0.3, 0.4) is 0 Å². The molecule has 0 bridgehead atoms. The molecule has 0 spiro atoms. The molecule has 1 N–H and O–H groups in total. The maximum atomic E-state index is 13.1. The zero-order chi connectivity index (χ0) is 24.4. The number of nitrogens with one attached hydrogen (secondary N) is 1. The maximum Gasteiger partial charge on any atom is 0.335 e. The first-order valence-electron chi connectivity index (χ1n) is 9.77. The van der Waals surface area contributed by atoms with Gasteiger partial charge in [-0.15, -0.1) is 0 Å². The number of rotatable bonds is 5. The van der Waals surface area contributed by atoms with Gasteiger partial charge in [-0.25, -0.2) is 9.69 Å². The van der Waals surface area contributed by atoms with Gasteiger partial charge >= 0.3 is 6.03 Å². The number of hydrogen-bond donors (Lipinski definition) is 1. The highest BCUT2D eigenvalue weighted by atomic mass is 79.9. The van der Waals surface area contributed by atoms with Crippen LogP contribution in [0.2, 0.25) is 10.0 Å². The van der Waals surface area contributed by atoms with E-state index >= 15 is 0 Å². The first kappa shape index (κ1) is 24.5. The molecule has 6 nitrogen and oxygen atoms in total. The van der Waals surface area contributed by atoms with E-state index < -0.39 is 17.8 Å². The van der Waals surface area contributed by atoms with Crippen LogP contribution in [-0.2, 0) is 16.2 Å². The molecule has 1 fully saturated rings. The van der Waals surface area contributed by atoms with Crippen LogP contribution in [0.1, 0.15) is 11.1 Å². The number of nitrogens with zero attached hydrogens (tertiary/aromatic N) is 1. The minimum atomic E-state index is -0.847. The Bertz CT molecular complexity index is 1340. The number of amides is 4. The number of anilines is 1. The van der Waals surface area contributed by atoms with Crippen LogP contribution in [0.25, 0.3) is 6.08 Å². The molecular formula is C24H14Br2Cl2N2O4. The molecule has 1 saturated heterocycles. The molecular weight excluding hydrogens is 611 g/mol. The Morgan fingerprint density at radius 3 is 2.32 bits per heavy atom. The van der Waals surface area contributed by atoms with Crippen LogP contribution in [0.5, 0.6) is 5.75 Å². The van der Waals surface area contributed by atoms with Gasteiger partial charge in [0.15, 0.2) is 0 Å². The van der Waals surface area contributed by atoms with Gasteiger partial charge in [-0.2, -0.15) is 0 Å². The summed E-state index contributed by atoms with van der Waals surface area (Å²) in [5.41, 5.74) is 1.40. The van der Waals surface area contributed by atoms with Crippen LogP contribution >= 0.6 is 55.1 Å². The van der Waals surface area contributed by atoms with Crippen molar-refractivity contribution in [2.75, 3.05) is 4.90 Å². The summed E-state index contributed by atoms with van der Waals surface area (Å²) in [6, 6.07) is 16.1. The average Bonchev–Trinajstić information content (AvgIpc) is 2.77. The quantitative estimate of drug-likeness (QED) is 0.251. The lowest BCUT2D eigenvalue weighted by atomic mass is 10.1. The van der Waals surface area contributed by atoms with Crippen molar-refractivity contribution in [2.45, 2.75) is 6.61 Å². The SMILES string of the molecule is O=C1NC(=O)N(c2cccc(Cl)c2)C(=O)/C1=C/c1cc(Br)c(OCc2ccccc2Cl)c(Br)c1. The number of barbiturate groups is 1. The summed E-state index contributed by atoms with van der Waals surface area (Å²) in [4.78, 5) is 38.7. The second-order valence-corrected chi connectivity index (χ2v) is 9.68. The minimum Gasteiger partial charge on any atom is -0.486 e. The minimum absolute atomic E-state index is 0.205. The number of ether oxygens (including phenoxy) is 1. The predicted molar refractivity (Wildman–Crippen MR) is 138 cm³/mol. The molecule has 0 saturated carbocycles. The van der Waals surface area contributed by atoms with Crippen LogP contribution in [-0.4, -0.2) is 17.8 Å². The fraction of sp³-hybridized carbons (Fsp3) is 0.0417. The summed E-state index contributed by atoms with van der Waals surface area (Å²) in [6.45, 7) is 0.245. The fourth-order valence-electron chi connectivity index (χ4n) is 3.24. The number of imide groups is 2. The summed E-state index contributed by atoms with van der Waals surface area (Å²) in [7, 11) is 0. The summed E-state index contributed by atoms with van der Waals surface area (Å²) in [6.07, 6.45) is 1.40. The monoisotopic (exact) mass is 622 g/mol. The molecule has 0 unspecified atom stereocenters. The van der Waals surface area contributed by atoms with E-state index in [2.05, 4.69) is 37.2 Å². The average molecular weight is 625 g/mol. The van der Waals surface area contributed by atoms with Crippen LogP contribution in [0.4, 0.5) is 10.5 Å². The molecule has 34 heavy (non-hydrogen) atoms. The van der Waals surface area contributed by atoms with E-state index in [-0.39, 0.29) is 17.9 Å². The standard InChI is InChI=1S/C24H14Br2Cl2N2O4/c25-18-9-13(10-19(26)21(18)34-12-14-4-1-2-7-20(14)28)8-17-22(31)29-24(33)30(23(17)32)16-6-3-5-15(27)11-16/h1-11H,12H2,(H,29,31,33)/b17-8+. The van der Waals surface area contributed by atoms with Crippen LogP contribution in [0.15, 0.2) is 75.2 Å². The molecule has 0 radical (unpaired) electrons. The van der Waals surface area contributed by atoms with Crippen molar-refractivity contribution in [3.63, 3.8) is 0 Å². The van der Waals surface area contributed by atoms with Crippen LogP contribution in [0, 0.1) is 0 Å². The fourth-order valence-corrected chi connectivity index (χ4v) is 5.07. The lowest BCUT2D eigenvalue weighted by Gasteiger charge is -2.26. The Morgan fingerprint density at radius 1 is 0.941 bits per heavy atom. The Labute approximate surface area is 221 Å². The number of benzene rings is 3. The van der Waals surface area contributed by atoms with Gasteiger partial charge in [0.2, 0.25) is 0 Å². The van der Waals surface area contributed by atoms with Crippen molar-refractivity contribution in [1.29, 1.82) is 0 Å². The van der Waals surface area contributed by atoms with Gasteiger partial charge in [-0.3, -0.25) is 14.9 Å². The van der Waals surface area contributed by atoms with Gasteiger partial charge in [-0.05, 0) is 79.9 Å². The zero-order valence-corrected chi connectivity index (χ0v) is 21.8. The van der Waals surface area contributed by atoms with E-state index in [1.807, 2.05) is 18.2 Å². The van der Waals surface area contributed by atoms with Crippen molar-refractivity contribution < 1.29 is 19.1 Å². The number of carbonyl (C=O) groups is 3. The zero-order valence-electron chi connectivity index (χ0n) is 17.2. The van der Waals surface area contributed by atoms with Gasteiger partial charge in [0.25, 0.3) is 11.8 Å². The summed E-state index contributed by atoms with van der Waals surface area (Å²) in [5.74, 6) is -1.03. The first-order valence-corrected chi connectivity index (χ1v) is 12.1. The van der Waals surface area contributed by atoms with Gasteiger partial charge in [0.05, 0.1) is 14.6 Å². The molecule has 3 aromatic carbocycles. The lowest BCUT2D eigenvalue weighted by molar-refractivity contribution is -0.122. The van der Waals surface area contributed by atoms with Crippen LogP contribution < -0.4 is 15.0 Å². The molecule has 0 atom stereocenters. The molecule has 1 heterocycles. The maximum absolute atomic E-state index is 13.1. The second-order valence-electron chi connectivity index (χ2n) is 7.13. The van der Waals surface area contributed by atoms with Crippen molar-refractivity contribution in [1.82, 2.24) is 5.32 Å². The molecule has 1 aliphatic rings. The van der Waals surface area contributed by atoms with Crippen molar-refractivity contribution in [3.05, 3.63) is 96.4 Å². The van der Waals surface area contributed by atoms with E-state index in [9.17, 15) is 14.4 Å². The molecule has 4 rings (SSSR count). The molecule has 10 heteroatoms. The normalized spacial score (nSPS) is 15.0. The third kappa shape index (κ3) is 5.20. The van der Waals surface area contributed by atoms with Crippen molar-refractivity contribution in [3.8, 4) is 5.75 Å². The summed E-state index contributed by atoms with van der Waals surface area (Å²) >= 11 is 19.1. The summed E-state index contributed by atoms with van der Waals surface area (Å²) in [5, 5.41) is 3.13. The van der Waals surface area contributed by atoms with Gasteiger partial charge < -0.3 is 4.74 Å². The lowest BCUT2D eigenvalue weighted by Crippen LogP contribution is -2.54. The molecule has 1 aliphatic heterocycles. The highest BCUT2D eigenvalue weighted by molar-refractivity contribution is 9.11. The van der Waals surface area contributed by atoms with E-state index in [4.69, 9.17) is 27.9 Å². The van der Waals surface area contributed by atoms with E-state index in [1.54, 1.807) is 36.4 Å². The highest BCUT2D eigenvalue weighted by Crippen LogP contribution is 2.36. The van der Waals surface area contributed by atoms with Crippen molar-refractivity contribution >= 4 is 84.7 Å². The second kappa shape index (κ2) is 10.3. The topological polar surface area (TPSA) is 75.7 Å². The Morgan fingerprint density at radius 2 is 1.65 bits per heavy atom. The first-order chi connectivity index (χ1) is 16.2. The Balaban J connectivity index is 1.62. The van der Waals surface area contributed by atoms with E-state index in [1.165, 1.54) is 12.1 Å². The Hall–Kier alpha value is -2.65.